The number of carbonyl (C=O) groups excluding carboxylic acids is 1. The van der Waals surface area contributed by atoms with Gasteiger partial charge in [-0.05, 0) is 17.7 Å². The molecule has 0 aromatic heterocycles. The van der Waals surface area contributed by atoms with E-state index in [1.165, 1.54) is 21.1 Å². The predicted octanol–water partition coefficient (Wildman–Crippen LogP) is 1.60. The molecule has 18 heavy (non-hydrogen) atoms. The number of carbonyl (C=O) groups is 1. The van der Waals surface area contributed by atoms with Gasteiger partial charge in [-0.25, -0.2) is 0 Å². The number of nitrogens with zero attached hydrogens (tertiary/aromatic N) is 1. The standard InChI is InChI=1S/C12H15NO5/c1-8(14)18-12(13-15)7-9-4-5-10(16-2)11(6-9)17-3/h4-6,15H,7H2,1-3H3. The summed E-state index contributed by atoms with van der Waals surface area (Å²) in [5, 5.41) is 11.6. The van der Waals surface area contributed by atoms with E-state index in [0.717, 1.165) is 5.56 Å². The van der Waals surface area contributed by atoms with E-state index in [9.17, 15) is 4.79 Å². The van der Waals surface area contributed by atoms with Crippen LogP contribution in [0.2, 0.25) is 0 Å². The molecule has 0 spiro atoms. The summed E-state index contributed by atoms with van der Waals surface area (Å²) in [7, 11) is 3.06. The van der Waals surface area contributed by atoms with Crippen molar-refractivity contribution in [3.63, 3.8) is 0 Å². The van der Waals surface area contributed by atoms with Crippen molar-refractivity contribution in [1.29, 1.82) is 0 Å². The summed E-state index contributed by atoms with van der Waals surface area (Å²) >= 11 is 0. The number of esters is 1. The van der Waals surface area contributed by atoms with Gasteiger partial charge in [0.15, 0.2) is 11.5 Å². The zero-order valence-electron chi connectivity index (χ0n) is 10.5. The molecule has 0 atom stereocenters. The van der Waals surface area contributed by atoms with E-state index >= 15 is 0 Å². The Morgan fingerprint density at radius 2 is 1.94 bits per heavy atom. The SMILES string of the molecule is COc1ccc(CC(=NO)OC(C)=O)cc1OC. The van der Waals surface area contributed by atoms with Gasteiger partial charge in [0.05, 0.1) is 20.6 Å². The summed E-state index contributed by atoms with van der Waals surface area (Å²) < 4.78 is 15.0. The maximum Gasteiger partial charge on any atom is 0.309 e. The summed E-state index contributed by atoms with van der Waals surface area (Å²) in [6, 6.07) is 5.19. The topological polar surface area (TPSA) is 77.4 Å². The molecule has 0 aliphatic carbocycles. The average Bonchev–Trinajstić information content (AvgIpc) is 2.37. The van der Waals surface area contributed by atoms with Gasteiger partial charge >= 0.3 is 5.97 Å². The van der Waals surface area contributed by atoms with E-state index in [0.29, 0.717) is 11.5 Å². The second-order valence-electron chi connectivity index (χ2n) is 3.45. The van der Waals surface area contributed by atoms with E-state index in [1.807, 2.05) is 0 Å². The molecule has 0 amide bonds. The van der Waals surface area contributed by atoms with Gasteiger partial charge in [-0.3, -0.25) is 4.79 Å². The van der Waals surface area contributed by atoms with Crippen molar-refractivity contribution in [1.82, 2.24) is 0 Å². The molecule has 0 unspecified atom stereocenters. The molecule has 98 valence electrons. The first-order valence-corrected chi connectivity index (χ1v) is 5.21. The zero-order chi connectivity index (χ0) is 13.5. The minimum Gasteiger partial charge on any atom is -0.493 e. The Morgan fingerprint density at radius 1 is 1.28 bits per heavy atom. The number of hydrogen-bond acceptors (Lipinski definition) is 6. The lowest BCUT2D eigenvalue weighted by atomic mass is 10.1. The maximum atomic E-state index is 10.8. The molecule has 0 heterocycles. The monoisotopic (exact) mass is 253 g/mol. The second-order valence-corrected chi connectivity index (χ2v) is 3.45. The van der Waals surface area contributed by atoms with Crippen LogP contribution in [0.5, 0.6) is 11.5 Å². The normalized spacial score (nSPS) is 10.9. The molecule has 1 aromatic carbocycles. The Balaban J connectivity index is 2.87. The number of methoxy groups -OCH3 is 2. The van der Waals surface area contributed by atoms with Crippen LogP contribution in [-0.2, 0) is 16.0 Å². The molecule has 0 saturated carbocycles. The molecule has 0 saturated heterocycles. The van der Waals surface area contributed by atoms with Crippen LogP contribution in [0.15, 0.2) is 23.4 Å². The van der Waals surface area contributed by atoms with Crippen molar-refractivity contribution < 1.29 is 24.2 Å². The van der Waals surface area contributed by atoms with Gasteiger partial charge in [0, 0.05) is 6.92 Å². The minimum atomic E-state index is -0.539. The summed E-state index contributed by atoms with van der Waals surface area (Å²) in [5.74, 6) is 0.532. The summed E-state index contributed by atoms with van der Waals surface area (Å²) in [6.45, 7) is 1.24. The van der Waals surface area contributed by atoms with Crippen LogP contribution in [0.1, 0.15) is 12.5 Å². The molecule has 0 bridgehead atoms. The van der Waals surface area contributed by atoms with Gasteiger partial charge in [-0.2, -0.15) is 0 Å². The van der Waals surface area contributed by atoms with Crippen molar-refractivity contribution in [2.45, 2.75) is 13.3 Å². The van der Waals surface area contributed by atoms with E-state index in [2.05, 4.69) is 5.16 Å². The molecule has 6 heteroatoms. The van der Waals surface area contributed by atoms with Gasteiger partial charge in [-0.1, -0.05) is 11.2 Å². The average molecular weight is 253 g/mol. The highest BCUT2D eigenvalue weighted by Gasteiger charge is 2.10. The third-order valence-corrected chi connectivity index (χ3v) is 2.18. The van der Waals surface area contributed by atoms with Crippen molar-refractivity contribution in [3.8, 4) is 11.5 Å². The van der Waals surface area contributed by atoms with Crippen LogP contribution in [0, 0.1) is 0 Å². The van der Waals surface area contributed by atoms with E-state index in [1.54, 1.807) is 18.2 Å². The van der Waals surface area contributed by atoms with Crippen LogP contribution < -0.4 is 9.47 Å². The molecule has 0 fully saturated rings. The van der Waals surface area contributed by atoms with Crippen molar-refractivity contribution in [2.75, 3.05) is 14.2 Å². The van der Waals surface area contributed by atoms with Gasteiger partial charge in [0.2, 0.25) is 5.90 Å². The van der Waals surface area contributed by atoms with Gasteiger partial charge in [0.25, 0.3) is 0 Å². The fourth-order valence-corrected chi connectivity index (χ4v) is 1.42. The first-order chi connectivity index (χ1) is 8.60. The number of benzene rings is 1. The lowest BCUT2D eigenvalue weighted by molar-refractivity contribution is -0.133. The maximum absolute atomic E-state index is 10.8. The molecule has 1 rings (SSSR count). The molecular weight excluding hydrogens is 238 g/mol. The van der Waals surface area contributed by atoms with Crippen LogP contribution in [0.3, 0.4) is 0 Å². The number of rotatable bonds is 4. The van der Waals surface area contributed by atoms with E-state index < -0.39 is 5.97 Å². The van der Waals surface area contributed by atoms with Gasteiger partial charge < -0.3 is 19.4 Å². The first-order valence-electron chi connectivity index (χ1n) is 5.21. The number of oxime groups is 1. The van der Waals surface area contributed by atoms with E-state index in [-0.39, 0.29) is 12.3 Å². The predicted molar refractivity (Wildman–Crippen MR) is 64.2 cm³/mol. The molecule has 0 radical (unpaired) electrons. The fourth-order valence-electron chi connectivity index (χ4n) is 1.42. The lowest BCUT2D eigenvalue weighted by Gasteiger charge is -2.09. The van der Waals surface area contributed by atoms with Crippen molar-refractivity contribution >= 4 is 11.9 Å². The molecule has 0 aliphatic rings. The van der Waals surface area contributed by atoms with Crippen LogP contribution in [0.25, 0.3) is 0 Å². The molecular formula is C12H15NO5. The van der Waals surface area contributed by atoms with Crippen molar-refractivity contribution in [3.05, 3.63) is 23.8 Å². The smallest absolute Gasteiger partial charge is 0.309 e. The largest absolute Gasteiger partial charge is 0.493 e. The Kier molecular flexibility index (Phi) is 4.98. The number of ether oxygens (including phenoxy) is 3. The summed E-state index contributed by atoms with van der Waals surface area (Å²) in [6.07, 6.45) is 0.177. The van der Waals surface area contributed by atoms with Gasteiger partial charge in [0.1, 0.15) is 0 Å². The Hall–Kier alpha value is -2.24. The minimum absolute atomic E-state index is 0.0743. The highest BCUT2D eigenvalue weighted by molar-refractivity contribution is 5.88. The van der Waals surface area contributed by atoms with Crippen LogP contribution in [0.4, 0.5) is 0 Å². The van der Waals surface area contributed by atoms with E-state index in [4.69, 9.17) is 19.4 Å². The quantitative estimate of drug-likeness (QED) is 0.290. The van der Waals surface area contributed by atoms with Gasteiger partial charge in [-0.15, -0.1) is 0 Å². The zero-order valence-corrected chi connectivity index (χ0v) is 10.5. The molecule has 1 N–H and O–H groups in total. The Bertz CT molecular complexity index is 456. The van der Waals surface area contributed by atoms with Crippen LogP contribution in [-0.4, -0.2) is 31.3 Å². The summed E-state index contributed by atoms with van der Waals surface area (Å²) in [4.78, 5) is 10.8. The second kappa shape index (κ2) is 6.48. The third kappa shape index (κ3) is 3.65. The molecule has 6 nitrogen and oxygen atoms in total. The van der Waals surface area contributed by atoms with Crippen molar-refractivity contribution in [2.24, 2.45) is 5.16 Å². The lowest BCUT2D eigenvalue weighted by Crippen LogP contribution is -2.12. The Morgan fingerprint density at radius 3 is 2.44 bits per heavy atom. The third-order valence-electron chi connectivity index (χ3n) is 2.18. The highest BCUT2D eigenvalue weighted by atomic mass is 16.6. The molecule has 1 aromatic rings. The van der Waals surface area contributed by atoms with Crippen LogP contribution >= 0.6 is 0 Å². The highest BCUT2D eigenvalue weighted by Crippen LogP contribution is 2.27. The summed E-state index contributed by atoms with van der Waals surface area (Å²) in [5.41, 5.74) is 0.765. The Labute approximate surface area is 105 Å². The molecule has 0 aliphatic heterocycles. The number of hydrogen-bond donors (Lipinski definition) is 1. The first kappa shape index (κ1) is 13.8. The fraction of sp³-hybridized carbons (Fsp3) is 0.333.